The second-order valence-electron chi connectivity index (χ2n) is 5.27. The fourth-order valence-electron chi connectivity index (χ4n) is 2.59. The van der Waals surface area contributed by atoms with Gasteiger partial charge in [-0.05, 0) is 37.9 Å². The lowest BCUT2D eigenvalue weighted by molar-refractivity contribution is 0.373. The Labute approximate surface area is 128 Å². The Morgan fingerprint density at radius 1 is 1.33 bits per heavy atom. The molecule has 0 saturated carbocycles. The van der Waals surface area contributed by atoms with E-state index in [1.165, 1.54) is 0 Å². The summed E-state index contributed by atoms with van der Waals surface area (Å²) >= 11 is 0. The van der Waals surface area contributed by atoms with E-state index in [0.717, 1.165) is 43.8 Å². The number of nitrogens with one attached hydrogen (secondary N) is 1. The fraction of sp³-hybridized carbons (Fsp3) is 0.588. The largest absolute Gasteiger partial charge is 0.495 e. The quantitative estimate of drug-likeness (QED) is 0.758. The highest BCUT2D eigenvalue weighted by Crippen LogP contribution is 2.27. The third kappa shape index (κ3) is 4.64. The number of hydrogen-bond acceptors (Lipinski definition) is 4. The summed E-state index contributed by atoms with van der Waals surface area (Å²) in [6.45, 7) is 5.83. The van der Waals surface area contributed by atoms with Crippen molar-refractivity contribution in [3.8, 4) is 11.8 Å². The number of methoxy groups -OCH3 is 1. The molecule has 4 heteroatoms. The topological polar surface area (TPSA) is 48.3 Å². The standard InChI is InChI=1S/C17H27N3O/c1-5-17(14-18,19-6-2)12-9-13-20(3)15-10-7-8-11-16(15)21-4/h7-8,10-11,19H,5-6,9,12-13H2,1-4H3. The molecular formula is C17H27N3O. The minimum Gasteiger partial charge on any atom is -0.495 e. The van der Waals surface area contributed by atoms with E-state index in [1.807, 2.05) is 25.1 Å². The van der Waals surface area contributed by atoms with Crippen LogP contribution in [0.1, 0.15) is 33.1 Å². The van der Waals surface area contributed by atoms with Gasteiger partial charge in [0.25, 0.3) is 0 Å². The summed E-state index contributed by atoms with van der Waals surface area (Å²) in [5.74, 6) is 0.883. The van der Waals surface area contributed by atoms with Gasteiger partial charge in [-0.15, -0.1) is 0 Å². The van der Waals surface area contributed by atoms with Gasteiger partial charge in [-0.1, -0.05) is 26.0 Å². The molecule has 1 rings (SSSR count). The van der Waals surface area contributed by atoms with Gasteiger partial charge in [0.05, 0.1) is 18.9 Å². The number of anilines is 1. The molecule has 0 bridgehead atoms. The monoisotopic (exact) mass is 289 g/mol. The van der Waals surface area contributed by atoms with Crippen molar-refractivity contribution in [1.82, 2.24) is 5.32 Å². The van der Waals surface area contributed by atoms with Crippen molar-refractivity contribution in [3.63, 3.8) is 0 Å². The van der Waals surface area contributed by atoms with E-state index in [4.69, 9.17) is 4.74 Å². The Bertz CT molecular complexity index is 469. The molecule has 116 valence electrons. The van der Waals surface area contributed by atoms with Gasteiger partial charge in [0, 0.05) is 13.6 Å². The Morgan fingerprint density at radius 2 is 2.05 bits per heavy atom. The van der Waals surface area contributed by atoms with E-state index in [2.05, 4.69) is 36.3 Å². The molecule has 0 saturated heterocycles. The molecule has 4 nitrogen and oxygen atoms in total. The highest BCUT2D eigenvalue weighted by Gasteiger charge is 2.26. The molecule has 0 aliphatic carbocycles. The third-order valence-electron chi connectivity index (χ3n) is 3.93. The van der Waals surface area contributed by atoms with Gasteiger partial charge in [-0.25, -0.2) is 0 Å². The second kappa shape index (κ2) is 8.53. The van der Waals surface area contributed by atoms with Crippen LogP contribution in [0.15, 0.2) is 24.3 Å². The highest BCUT2D eigenvalue weighted by atomic mass is 16.5. The van der Waals surface area contributed by atoms with Crippen molar-refractivity contribution in [1.29, 1.82) is 5.26 Å². The normalized spacial score (nSPS) is 13.3. The van der Waals surface area contributed by atoms with Crippen molar-refractivity contribution in [3.05, 3.63) is 24.3 Å². The maximum atomic E-state index is 9.43. The maximum absolute atomic E-state index is 9.43. The van der Waals surface area contributed by atoms with Crippen molar-refractivity contribution >= 4 is 5.69 Å². The first-order chi connectivity index (χ1) is 10.1. The zero-order valence-corrected chi connectivity index (χ0v) is 13.6. The maximum Gasteiger partial charge on any atom is 0.142 e. The van der Waals surface area contributed by atoms with Crippen LogP contribution in [0, 0.1) is 11.3 Å². The Hall–Kier alpha value is -1.73. The van der Waals surface area contributed by atoms with E-state index in [-0.39, 0.29) is 0 Å². The number of rotatable bonds is 9. The number of nitriles is 1. The molecule has 0 aromatic heterocycles. The molecule has 0 fully saturated rings. The van der Waals surface area contributed by atoms with Gasteiger partial charge in [0.15, 0.2) is 0 Å². The molecule has 0 aliphatic rings. The Balaban J connectivity index is 2.60. The molecule has 0 aliphatic heterocycles. The molecule has 1 atom stereocenters. The number of benzene rings is 1. The number of ether oxygens (including phenoxy) is 1. The summed E-state index contributed by atoms with van der Waals surface area (Å²) < 4.78 is 5.39. The first-order valence-corrected chi connectivity index (χ1v) is 7.63. The van der Waals surface area contributed by atoms with Crippen LogP contribution in [-0.4, -0.2) is 32.8 Å². The third-order valence-corrected chi connectivity index (χ3v) is 3.93. The molecule has 1 unspecified atom stereocenters. The SMILES string of the molecule is CCNC(C#N)(CC)CCCN(C)c1ccccc1OC. The number of para-hydroxylation sites is 2. The molecule has 1 aromatic carbocycles. The van der Waals surface area contributed by atoms with Crippen LogP contribution in [0.25, 0.3) is 0 Å². The second-order valence-corrected chi connectivity index (χ2v) is 5.27. The Kier molecular flexibility index (Phi) is 7.04. The van der Waals surface area contributed by atoms with E-state index in [9.17, 15) is 5.26 Å². The van der Waals surface area contributed by atoms with Crippen LogP contribution < -0.4 is 15.0 Å². The van der Waals surface area contributed by atoms with Crippen LogP contribution in [-0.2, 0) is 0 Å². The average molecular weight is 289 g/mol. The predicted molar refractivity (Wildman–Crippen MR) is 87.8 cm³/mol. The first kappa shape index (κ1) is 17.3. The van der Waals surface area contributed by atoms with E-state index < -0.39 is 5.54 Å². The van der Waals surface area contributed by atoms with Crippen molar-refractivity contribution < 1.29 is 4.74 Å². The van der Waals surface area contributed by atoms with Gasteiger partial charge in [-0.2, -0.15) is 5.26 Å². The van der Waals surface area contributed by atoms with E-state index in [1.54, 1.807) is 7.11 Å². The summed E-state index contributed by atoms with van der Waals surface area (Å²) in [5, 5.41) is 12.8. The first-order valence-electron chi connectivity index (χ1n) is 7.63. The van der Waals surface area contributed by atoms with Crippen molar-refractivity contribution in [2.45, 2.75) is 38.6 Å². The lowest BCUT2D eigenvalue weighted by Crippen LogP contribution is -2.43. The van der Waals surface area contributed by atoms with Gasteiger partial charge in [0.1, 0.15) is 11.3 Å². The van der Waals surface area contributed by atoms with Gasteiger partial charge < -0.3 is 9.64 Å². The fourth-order valence-corrected chi connectivity index (χ4v) is 2.59. The molecule has 0 spiro atoms. The molecule has 1 N–H and O–H groups in total. The minimum absolute atomic E-state index is 0.392. The van der Waals surface area contributed by atoms with Crippen LogP contribution >= 0.6 is 0 Å². The average Bonchev–Trinajstić information content (AvgIpc) is 2.53. The molecule has 0 radical (unpaired) electrons. The smallest absolute Gasteiger partial charge is 0.142 e. The summed E-state index contributed by atoms with van der Waals surface area (Å²) in [4.78, 5) is 2.18. The van der Waals surface area contributed by atoms with Gasteiger partial charge in [-0.3, -0.25) is 5.32 Å². The van der Waals surface area contributed by atoms with Crippen LogP contribution in [0.3, 0.4) is 0 Å². The van der Waals surface area contributed by atoms with E-state index in [0.29, 0.717) is 0 Å². The zero-order chi connectivity index (χ0) is 15.7. The van der Waals surface area contributed by atoms with Gasteiger partial charge >= 0.3 is 0 Å². The summed E-state index contributed by atoms with van der Waals surface area (Å²) in [6, 6.07) is 10.5. The zero-order valence-electron chi connectivity index (χ0n) is 13.6. The van der Waals surface area contributed by atoms with E-state index >= 15 is 0 Å². The molecule has 0 amide bonds. The van der Waals surface area contributed by atoms with Crippen molar-refractivity contribution in [2.75, 3.05) is 32.1 Å². The molecular weight excluding hydrogens is 262 g/mol. The van der Waals surface area contributed by atoms with Gasteiger partial charge in [0.2, 0.25) is 0 Å². The van der Waals surface area contributed by atoms with Crippen molar-refractivity contribution in [2.24, 2.45) is 0 Å². The summed E-state index contributed by atoms with van der Waals surface area (Å²) in [7, 11) is 3.75. The summed E-state index contributed by atoms with van der Waals surface area (Å²) in [5.41, 5.74) is 0.693. The molecule has 21 heavy (non-hydrogen) atoms. The van der Waals surface area contributed by atoms with Crippen LogP contribution in [0.2, 0.25) is 0 Å². The van der Waals surface area contributed by atoms with Crippen LogP contribution in [0.5, 0.6) is 5.75 Å². The summed E-state index contributed by atoms with van der Waals surface area (Å²) in [6.07, 6.45) is 2.64. The lowest BCUT2D eigenvalue weighted by Gasteiger charge is -2.28. The predicted octanol–water partition coefficient (Wildman–Crippen LogP) is 3.19. The highest BCUT2D eigenvalue weighted by molar-refractivity contribution is 5.57. The lowest BCUT2D eigenvalue weighted by atomic mass is 9.92. The molecule has 0 heterocycles. The number of hydrogen-bond donors (Lipinski definition) is 1. The van der Waals surface area contributed by atoms with Crippen LogP contribution in [0.4, 0.5) is 5.69 Å². The minimum atomic E-state index is -0.392. The Morgan fingerprint density at radius 3 is 2.62 bits per heavy atom. The molecule has 1 aromatic rings. The number of nitrogens with zero attached hydrogens (tertiary/aromatic N) is 2.